The zero-order chi connectivity index (χ0) is 23.3. The molecule has 2 N–H and O–H groups in total. The van der Waals surface area contributed by atoms with E-state index in [1.807, 2.05) is 36.0 Å². The maximum atomic E-state index is 13.3. The number of carbonyl (C=O) groups excluding carboxylic acids is 1. The van der Waals surface area contributed by atoms with Gasteiger partial charge in [-0.3, -0.25) is 4.79 Å². The second-order valence-electron chi connectivity index (χ2n) is 8.84. The van der Waals surface area contributed by atoms with E-state index in [4.69, 9.17) is 5.10 Å². The molecule has 0 bridgehead atoms. The maximum Gasteiger partial charge on any atom is 0.270 e. The van der Waals surface area contributed by atoms with Gasteiger partial charge in [0.15, 0.2) is 0 Å². The molecule has 0 saturated heterocycles. The molecule has 0 saturated carbocycles. The molecule has 32 heavy (non-hydrogen) atoms. The molecular weight excluding hydrogens is 398 g/mol. The Labute approximate surface area is 192 Å². The van der Waals surface area contributed by atoms with Gasteiger partial charge in [0, 0.05) is 19.3 Å². The Morgan fingerprint density at radius 1 is 1.16 bits per heavy atom. The standard InChI is InChI=1S/C26H37N5O/c1-7-30(8-2)16-9-11-21(5)27-26(32)25-18-22(23-12-10-15-29(23)6)28-31(25)24-17-19(3)13-14-20(24)4/h10,12-15,17-18,21H,7-9,11,16H2,1-6H3,(H,27,32)/p+1/t21-/m0/s1. The van der Waals surface area contributed by atoms with Crippen LogP contribution in [0.25, 0.3) is 17.1 Å². The van der Waals surface area contributed by atoms with Crippen LogP contribution in [0.2, 0.25) is 0 Å². The van der Waals surface area contributed by atoms with Gasteiger partial charge in [-0.2, -0.15) is 5.10 Å². The summed E-state index contributed by atoms with van der Waals surface area (Å²) in [6, 6.07) is 12.3. The Bertz CT molecular complexity index is 1040. The van der Waals surface area contributed by atoms with Crippen molar-refractivity contribution in [3.63, 3.8) is 0 Å². The molecule has 1 amide bonds. The number of nitrogens with zero attached hydrogens (tertiary/aromatic N) is 3. The Morgan fingerprint density at radius 3 is 2.56 bits per heavy atom. The Morgan fingerprint density at radius 2 is 1.91 bits per heavy atom. The number of amides is 1. The quantitative estimate of drug-likeness (QED) is 0.512. The van der Waals surface area contributed by atoms with Crippen molar-refractivity contribution >= 4 is 5.91 Å². The van der Waals surface area contributed by atoms with E-state index in [0.717, 1.165) is 60.7 Å². The summed E-state index contributed by atoms with van der Waals surface area (Å²) in [7, 11) is 1.99. The van der Waals surface area contributed by atoms with E-state index in [0.29, 0.717) is 5.69 Å². The maximum absolute atomic E-state index is 13.3. The lowest BCUT2D eigenvalue weighted by Crippen LogP contribution is -3.11. The number of carbonyl (C=O) groups is 1. The number of aromatic nitrogens is 3. The van der Waals surface area contributed by atoms with Crippen LogP contribution < -0.4 is 10.2 Å². The molecule has 6 nitrogen and oxygen atoms in total. The first-order chi connectivity index (χ1) is 15.3. The molecule has 0 aliphatic heterocycles. The van der Waals surface area contributed by atoms with Crippen molar-refractivity contribution in [2.75, 3.05) is 19.6 Å². The third kappa shape index (κ3) is 5.49. The summed E-state index contributed by atoms with van der Waals surface area (Å²) < 4.78 is 3.82. The number of hydrogen-bond acceptors (Lipinski definition) is 2. The lowest BCUT2D eigenvalue weighted by atomic mass is 10.1. The van der Waals surface area contributed by atoms with E-state index in [1.165, 1.54) is 0 Å². The Balaban J connectivity index is 1.85. The van der Waals surface area contributed by atoms with E-state index in [9.17, 15) is 4.79 Å². The van der Waals surface area contributed by atoms with Gasteiger partial charge >= 0.3 is 0 Å². The predicted octanol–water partition coefficient (Wildman–Crippen LogP) is 3.32. The van der Waals surface area contributed by atoms with Crippen LogP contribution in [0, 0.1) is 13.8 Å². The Kier molecular flexibility index (Phi) is 7.91. The number of benzene rings is 1. The molecule has 0 aliphatic carbocycles. The second kappa shape index (κ2) is 10.6. The lowest BCUT2D eigenvalue weighted by molar-refractivity contribution is -0.896. The highest BCUT2D eigenvalue weighted by molar-refractivity contribution is 5.94. The molecule has 6 heteroatoms. The highest BCUT2D eigenvalue weighted by Gasteiger charge is 2.21. The number of hydrogen-bond donors (Lipinski definition) is 2. The molecule has 2 aromatic heterocycles. The summed E-state index contributed by atoms with van der Waals surface area (Å²) in [5, 5.41) is 8.06. The Hall–Kier alpha value is -2.86. The summed E-state index contributed by atoms with van der Waals surface area (Å²) in [5.41, 5.74) is 5.51. The number of rotatable bonds is 10. The summed E-state index contributed by atoms with van der Waals surface area (Å²) >= 11 is 0. The van der Waals surface area contributed by atoms with Crippen LogP contribution in [0.15, 0.2) is 42.6 Å². The topological polar surface area (TPSA) is 56.3 Å². The van der Waals surface area contributed by atoms with Gasteiger partial charge in [-0.1, -0.05) is 12.1 Å². The minimum atomic E-state index is -0.0819. The van der Waals surface area contributed by atoms with Crippen molar-refractivity contribution in [3.8, 4) is 17.1 Å². The van der Waals surface area contributed by atoms with E-state index in [1.54, 1.807) is 9.58 Å². The van der Waals surface area contributed by atoms with Gasteiger partial charge in [-0.05, 0) is 82.9 Å². The molecular formula is C26H38N5O+. The van der Waals surface area contributed by atoms with Crippen molar-refractivity contribution in [3.05, 3.63) is 59.4 Å². The fraction of sp³-hybridized carbons (Fsp3) is 0.462. The van der Waals surface area contributed by atoms with Crippen LogP contribution >= 0.6 is 0 Å². The number of aryl methyl sites for hydroxylation is 3. The summed E-state index contributed by atoms with van der Waals surface area (Å²) in [6.07, 6.45) is 4.06. The average Bonchev–Trinajstić information content (AvgIpc) is 3.39. The molecule has 0 spiro atoms. The van der Waals surface area contributed by atoms with Gasteiger partial charge in [0.2, 0.25) is 0 Å². The van der Waals surface area contributed by atoms with Crippen LogP contribution in [0.1, 0.15) is 55.2 Å². The van der Waals surface area contributed by atoms with Crippen molar-refractivity contribution < 1.29 is 9.69 Å². The van der Waals surface area contributed by atoms with Crippen LogP contribution in [0.3, 0.4) is 0 Å². The van der Waals surface area contributed by atoms with Crippen molar-refractivity contribution in [2.24, 2.45) is 7.05 Å². The minimum absolute atomic E-state index is 0.0819. The third-order valence-electron chi connectivity index (χ3n) is 6.29. The average molecular weight is 437 g/mol. The van der Waals surface area contributed by atoms with Gasteiger partial charge in [-0.25, -0.2) is 4.68 Å². The second-order valence-corrected chi connectivity index (χ2v) is 8.84. The summed E-state index contributed by atoms with van der Waals surface area (Å²) in [4.78, 5) is 14.9. The summed E-state index contributed by atoms with van der Waals surface area (Å²) in [6.45, 7) is 14.1. The smallest absolute Gasteiger partial charge is 0.270 e. The van der Waals surface area contributed by atoms with Gasteiger partial charge in [0.25, 0.3) is 5.91 Å². The molecule has 0 unspecified atom stereocenters. The van der Waals surface area contributed by atoms with Crippen molar-refractivity contribution in [1.82, 2.24) is 19.7 Å². The molecule has 3 aromatic rings. The lowest BCUT2D eigenvalue weighted by Gasteiger charge is -2.18. The summed E-state index contributed by atoms with van der Waals surface area (Å²) in [5.74, 6) is -0.0819. The molecule has 0 fully saturated rings. The van der Waals surface area contributed by atoms with Gasteiger partial charge in [0.05, 0.1) is 31.0 Å². The third-order valence-corrected chi connectivity index (χ3v) is 6.29. The van der Waals surface area contributed by atoms with Crippen LogP contribution in [0.5, 0.6) is 0 Å². The molecule has 0 aliphatic rings. The molecule has 172 valence electrons. The van der Waals surface area contributed by atoms with E-state index < -0.39 is 0 Å². The van der Waals surface area contributed by atoms with Gasteiger partial charge in [0.1, 0.15) is 11.4 Å². The fourth-order valence-electron chi connectivity index (χ4n) is 4.16. The van der Waals surface area contributed by atoms with Gasteiger partial charge < -0.3 is 14.8 Å². The van der Waals surface area contributed by atoms with E-state index >= 15 is 0 Å². The van der Waals surface area contributed by atoms with Gasteiger partial charge in [-0.15, -0.1) is 0 Å². The SMILES string of the molecule is CC[NH+](CC)CCC[C@H](C)NC(=O)c1cc(-c2cccn2C)nn1-c1cc(C)ccc1C. The monoisotopic (exact) mass is 436 g/mol. The predicted molar refractivity (Wildman–Crippen MR) is 131 cm³/mol. The first kappa shape index (κ1) is 23.8. The zero-order valence-electron chi connectivity index (χ0n) is 20.4. The largest absolute Gasteiger partial charge is 0.349 e. The highest BCUT2D eigenvalue weighted by Crippen LogP contribution is 2.24. The normalized spacial score (nSPS) is 12.3. The molecule has 0 radical (unpaired) electrons. The molecule has 1 atom stereocenters. The first-order valence-corrected chi connectivity index (χ1v) is 11.8. The zero-order valence-corrected chi connectivity index (χ0v) is 20.4. The van der Waals surface area contributed by atoms with Crippen molar-refractivity contribution in [2.45, 2.75) is 53.5 Å². The molecule has 2 heterocycles. The van der Waals surface area contributed by atoms with Crippen LogP contribution in [-0.4, -0.2) is 45.9 Å². The number of nitrogens with one attached hydrogen (secondary N) is 2. The minimum Gasteiger partial charge on any atom is -0.349 e. The number of quaternary nitrogens is 1. The highest BCUT2D eigenvalue weighted by atomic mass is 16.2. The fourth-order valence-corrected chi connectivity index (χ4v) is 4.16. The van der Waals surface area contributed by atoms with Crippen LogP contribution in [-0.2, 0) is 7.05 Å². The molecule has 1 aromatic carbocycles. The first-order valence-electron chi connectivity index (χ1n) is 11.8. The van der Waals surface area contributed by atoms with Crippen molar-refractivity contribution in [1.29, 1.82) is 0 Å². The van der Waals surface area contributed by atoms with E-state index in [-0.39, 0.29) is 11.9 Å². The van der Waals surface area contributed by atoms with E-state index in [2.05, 4.69) is 58.1 Å². The molecule has 3 rings (SSSR count). The van der Waals surface area contributed by atoms with Crippen LogP contribution in [0.4, 0.5) is 0 Å².